The van der Waals surface area contributed by atoms with Crippen molar-refractivity contribution in [1.29, 1.82) is 0 Å². The van der Waals surface area contributed by atoms with Crippen molar-refractivity contribution in [3.05, 3.63) is 42.0 Å². The van der Waals surface area contributed by atoms with Gasteiger partial charge >= 0.3 is 0 Å². The van der Waals surface area contributed by atoms with Crippen LogP contribution in [0.5, 0.6) is 5.75 Å². The molecule has 0 aliphatic carbocycles. The first-order valence-corrected chi connectivity index (χ1v) is 7.60. The molecular weight excluding hydrogens is 272 g/mol. The zero-order valence-electron chi connectivity index (χ0n) is 11.6. The Morgan fingerprint density at radius 3 is 2.80 bits per heavy atom. The number of fused-ring (bicyclic) bond motifs is 1. The first kappa shape index (κ1) is 13.7. The lowest BCUT2D eigenvalue weighted by Crippen LogP contribution is -2.23. The Labute approximate surface area is 124 Å². The Bertz CT molecular complexity index is 597. The van der Waals surface area contributed by atoms with Crippen LogP contribution in [0.15, 0.2) is 36.4 Å². The Kier molecular flexibility index (Phi) is 4.13. The molecule has 2 atom stereocenters. The minimum absolute atomic E-state index is 0.132. The van der Waals surface area contributed by atoms with Gasteiger partial charge in [0.2, 0.25) is 0 Å². The number of benzene rings is 2. The van der Waals surface area contributed by atoms with E-state index in [1.807, 2.05) is 6.07 Å². The van der Waals surface area contributed by atoms with Crippen molar-refractivity contribution in [3.63, 3.8) is 0 Å². The maximum atomic E-state index is 6.09. The summed E-state index contributed by atoms with van der Waals surface area (Å²) in [5.41, 5.74) is 1.23. The maximum Gasteiger partial charge on any atom is 0.119 e. The first-order chi connectivity index (χ1) is 9.81. The smallest absolute Gasteiger partial charge is 0.119 e. The van der Waals surface area contributed by atoms with E-state index < -0.39 is 0 Å². The molecule has 0 spiro atoms. The van der Waals surface area contributed by atoms with Gasteiger partial charge in [-0.15, -0.1) is 11.6 Å². The molecule has 1 aliphatic rings. The predicted molar refractivity (Wildman–Crippen MR) is 82.6 cm³/mol. The summed E-state index contributed by atoms with van der Waals surface area (Å²) in [5, 5.41) is 2.40. The van der Waals surface area contributed by atoms with E-state index in [0.29, 0.717) is 11.8 Å². The van der Waals surface area contributed by atoms with Crippen LogP contribution in [0.4, 0.5) is 0 Å². The van der Waals surface area contributed by atoms with Gasteiger partial charge in [-0.05, 0) is 47.4 Å². The lowest BCUT2D eigenvalue weighted by molar-refractivity contribution is -0.0207. The molecule has 2 unspecified atom stereocenters. The monoisotopic (exact) mass is 290 g/mol. The van der Waals surface area contributed by atoms with Crippen LogP contribution in [0.1, 0.15) is 24.5 Å². The summed E-state index contributed by atoms with van der Waals surface area (Å²) in [6, 6.07) is 12.6. The van der Waals surface area contributed by atoms with Gasteiger partial charge in [0.25, 0.3) is 0 Å². The molecule has 106 valence electrons. The SMILES string of the molecule is COc1ccc2cc(C3OCCCC3CCl)ccc2c1. The molecule has 0 saturated carbocycles. The van der Waals surface area contributed by atoms with Crippen LogP contribution in [0.25, 0.3) is 10.8 Å². The van der Waals surface area contributed by atoms with Crippen LogP contribution in [-0.4, -0.2) is 19.6 Å². The van der Waals surface area contributed by atoms with Gasteiger partial charge in [0, 0.05) is 18.4 Å². The third kappa shape index (κ3) is 2.63. The van der Waals surface area contributed by atoms with Crippen LogP contribution in [0.2, 0.25) is 0 Å². The average molecular weight is 291 g/mol. The summed E-state index contributed by atoms with van der Waals surface area (Å²) in [7, 11) is 1.69. The van der Waals surface area contributed by atoms with E-state index in [4.69, 9.17) is 21.1 Å². The van der Waals surface area contributed by atoms with Crippen LogP contribution >= 0.6 is 11.6 Å². The molecule has 3 heteroatoms. The van der Waals surface area contributed by atoms with Crippen molar-refractivity contribution < 1.29 is 9.47 Å². The number of hydrogen-bond acceptors (Lipinski definition) is 2. The van der Waals surface area contributed by atoms with Crippen molar-refractivity contribution in [1.82, 2.24) is 0 Å². The van der Waals surface area contributed by atoms with Gasteiger partial charge in [-0.2, -0.15) is 0 Å². The van der Waals surface area contributed by atoms with E-state index >= 15 is 0 Å². The fourth-order valence-electron chi connectivity index (χ4n) is 2.92. The maximum absolute atomic E-state index is 6.09. The zero-order valence-corrected chi connectivity index (χ0v) is 12.4. The summed E-state index contributed by atoms with van der Waals surface area (Å²) in [6.07, 6.45) is 2.39. The number of alkyl halides is 1. The second-order valence-electron chi connectivity index (χ2n) is 5.32. The third-order valence-electron chi connectivity index (χ3n) is 4.04. The number of hydrogen-bond donors (Lipinski definition) is 0. The van der Waals surface area contributed by atoms with E-state index in [1.54, 1.807) is 7.11 Å². The summed E-state index contributed by atoms with van der Waals surface area (Å²) in [6.45, 7) is 0.832. The van der Waals surface area contributed by atoms with Crippen molar-refractivity contribution in [2.24, 2.45) is 5.92 Å². The highest BCUT2D eigenvalue weighted by molar-refractivity contribution is 6.18. The van der Waals surface area contributed by atoms with Crippen LogP contribution < -0.4 is 4.74 Å². The van der Waals surface area contributed by atoms with Gasteiger partial charge in [-0.1, -0.05) is 18.2 Å². The Hall–Kier alpha value is -1.25. The quantitative estimate of drug-likeness (QED) is 0.772. The Morgan fingerprint density at radius 2 is 2.00 bits per heavy atom. The van der Waals surface area contributed by atoms with Crippen LogP contribution in [-0.2, 0) is 4.74 Å². The highest BCUT2D eigenvalue weighted by atomic mass is 35.5. The van der Waals surface area contributed by atoms with Crippen molar-refractivity contribution >= 4 is 22.4 Å². The van der Waals surface area contributed by atoms with Gasteiger partial charge < -0.3 is 9.47 Å². The van der Waals surface area contributed by atoms with Gasteiger partial charge in [0.05, 0.1) is 13.2 Å². The molecule has 3 rings (SSSR count). The summed E-state index contributed by atoms with van der Waals surface area (Å²) in [5.74, 6) is 1.96. The van der Waals surface area contributed by atoms with E-state index in [9.17, 15) is 0 Å². The Balaban J connectivity index is 1.95. The highest BCUT2D eigenvalue weighted by Crippen LogP contribution is 2.35. The topological polar surface area (TPSA) is 18.5 Å². The lowest BCUT2D eigenvalue weighted by Gasteiger charge is -2.31. The molecule has 0 bridgehead atoms. The molecule has 0 N–H and O–H groups in total. The van der Waals surface area contributed by atoms with Gasteiger partial charge in [-0.25, -0.2) is 0 Å². The molecule has 1 saturated heterocycles. The molecule has 1 heterocycles. The number of ether oxygens (including phenoxy) is 2. The van der Waals surface area contributed by atoms with E-state index in [-0.39, 0.29) is 6.10 Å². The average Bonchev–Trinajstić information content (AvgIpc) is 2.53. The molecule has 2 aromatic carbocycles. The normalized spacial score (nSPS) is 22.9. The molecule has 20 heavy (non-hydrogen) atoms. The zero-order chi connectivity index (χ0) is 13.9. The van der Waals surface area contributed by atoms with Crippen molar-refractivity contribution in [3.8, 4) is 5.75 Å². The molecule has 1 fully saturated rings. The fourth-order valence-corrected chi connectivity index (χ4v) is 3.23. The molecule has 0 amide bonds. The largest absolute Gasteiger partial charge is 0.497 e. The van der Waals surface area contributed by atoms with E-state index in [0.717, 1.165) is 25.2 Å². The van der Waals surface area contributed by atoms with Crippen molar-refractivity contribution in [2.45, 2.75) is 18.9 Å². The van der Waals surface area contributed by atoms with Gasteiger partial charge in [0.15, 0.2) is 0 Å². The number of methoxy groups -OCH3 is 1. The van der Waals surface area contributed by atoms with Crippen LogP contribution in [0.3, 0.4) is 0 Å². The standard InChI is InChI=1S/C17H19ClO2/c1-19-16-7-6-12-9-14(5-4-13(12)10-16)17-15(11-18)3-2-8-20-17/h4-7,9-10,15,17H,2-3,8,11H2,1H3. The number of halogens is 1. The predicted octanol–water partition coefficient (Wildman–Crippen LogP) is 4.55. The second-order valence-corrected chi connectivity index (χ2v) is 5.63. The van der Waals surface area contributed by atoms with E-state index in [2.05, 4.69) is 30.3 Å². The summed E-state index contributed by atoms with van der Waals surface area (Å²) < 4.78 is 11.2. The van der Waals surface area contributed by atoms with Gasteiger partial charge in [-0.3, -0.25) is 0 Å². The molecule has 1 aliphatic heterocycles. The minimum Gasteiger partial charge on any atom is -0.497 e. The molecule has 2 nitrogen and oxygen atoms in total. The Morgan fingerprint density at radius 1 is 1.20 bits per heavy atom. The fraction of sp³-hybridized carbons (Fsp3) is 0.412. The first-order valence-electron chi connectivity index (χ1n) is 7.07. The van der Waals surface area contributed by atoms with Crippen molar-refractivity contribution in [2.75, 3.05) is 19.6 Å². The molecular formula is C17H19ClO2. The second kappa shape index (κ2) is 6.02. The van der Waals surface area contributed by atoms with E-state index in [1.165, 1.54) is 16.3 Å². The summed E-state index contributed by atoms with van der Waals surface area (Å²) in [4.78, 5) is 0. The minimum atomic E-state index is 0.132. The third-order valence-corrected chi connectivity index (χ3v) is 4.44. The van der Waals surface area contributed by atoms with Gasteiger partial charge in [0.1, 0.15) is 5.75 Å². The highest BCUT2D eigenvalue weighted by Gasteiger charge is 2.26. The lowest BCUT2D eigenvalue weighted by atomic mass is 9.90. The number of rotatable bonds is 3. The molecule has 0 radical (unpaired) electrons. The molecule has 2 aromatic rings. The molecule has 0 aromatic heterocycles. The van der Waals surface area contributed by atoms with Crippen LogP contribution in [0, 0.1) is 5.92 Å². The summed E-state index contributed by atoms with van der Waals surface area (Å²) >= 11 is 6.09.